The summed E-state index contributed by atoms with van der Waals surface area (Å²) in [7, 11) is 0. The lowest BCUT2D eigenvalue weighted by molar-refractivity contribution is 0.466. The molecule has 0 amide bonds. The summed E-state index contributed by atoms with van der Waals surface area (Å²) >= 11 is 7.97. The predicted octanol–water partition coefficient (Wildman–Crippen LogP) is 5.20. The normalized spacial score (nSPS) is 13.7. The average Bonchev–Trinajstić information content (AvgIpc) is 3.36. The highest BCUT2D eigenvalue weighted by Gasteiger charge is 2.29. The van der Waals surface area contributed by atoms with Gasteiger partial charge in [-0.25, -0.2) is 0 Å². The van der Waals surface area contributed by atoms with E-state index in [1.165, 1.54) is 11.8 Å². The fraction of sp³-hybridized carbons (Fsp3) is 0.238. The molecule has 0 N–H and O–H groups in total. The number of benzene rings is 2. The Balaban J connectivity index is 1.44. The highest BCUT2D eigenvalue weighted by atomic mass is 35.5. The van der Waals surface area contributed by atoms with Crippen LogP contribution < -0.4 is 0 Å². The van der Waals surface area contributed by atoms with Gasteiger partial charge in [0.25, 0.3) is 0 Å². The molecule has 29 heavy (non-hydrogen) atoms. The molecule has 4 aromatic rings. The Morgan fingerprint density at radius 2 is 1.76 bits per heavy atom. The van der Waals surface area contributed by atoms with Crippen LogP contribution in [0, 0.1) is 0 Å². The quantitative estimate of drug-likeness (QED) is 0.380. The van der Waals surface area contributed by atoms with Crippen molar-refractivity contribution in [2.75, 3.05) is 0 Å². The largest absolute Gasteiger partial charge is 0.424 e. The van der Waals surface area contributed by atoms with Crippen LogP contribution in [0.3, 0.4) is 0 Å². The van der Waals surface area contributed by atoms with E-state index in [1.54, 1.807) is 0 Å². The van der Waals surface area contributed by atoms with Crippen LogP contribution in [0.1, 0.15) is 36.1 Å². The van der Waals surface area contributed by atoms with Gasteiger partial charge >= 0.3 is 0 Å². The summed E-state index contributed by atoms with van der Waals surface area (Å²) in [6.45, 7) is 0.647. The molecule has 0 unspecified atom stereocenters. The predicted molar refractivity (Wildman–Crippen MR) is 112 cm³/mol. The molecule has 2 aromatic carbocycles. The lowest BCUT2D eigenvalue weighted by Crippen LogP contribution is -2.04. The number of hydrogen-bond donors (Lipinski definition) is 0. The zero-order valence-electron chi connectivity index (χ0n) is 15.5. The van der Waals surface area contributed by atoms with E-state index < -0.39 is 0 Å². The van der Waals surface area contributed by atoms with E-state index in [0.717, 1.165) is 40.8 Å². The van der Waals surface area contributed by atoms with Crippen LogP contribution >= 0.6 is 23.4 Å². The second kappa shape index (κ2) is 8.00. The fourth-order valence-corrected chi connectivity index (χ4v) is 4.09. The van der Waals surface area contributed by atoms with Crippen molar-refractivity contribution >= 4 is 23.4 Å². The Kier molecular flexibility index (Phi) is 5.08. The van der Waals surface area contributed by atoms with Gasteiger partial charge in [0.05, 0.1) is 17.3 Å². The van der Waals surface area contributed by atoms with E-state index in [9.17, 15) is 0 Å². The van der Waals surface area contributed by atoms with Crippen molar-refractivity contribution in [1.82, 2.24) is 25.0 Å². The molecule has 8 heteroatoms. The Morgan fingerprint density at radius 3 is 2.55 bits per heavy atom. The van der Waals surface area contributed by atoms with E-state index in [1.807, 2.05) is 42.5 Å². The van der Waals surface area contributed by atoms with Gasteiger partial charge in [-0.3, -0.25) is 4.57 Å². The van der Waals surface area contributed by atoms with Gasteiger partial charge < -0.3 is 4.42 Å². The van der Waals surface area contributed by atoms with E-state index in [4.69, 9.17) is 16.0 Å². The van der Waals surface area contributed by atoms with Gasteiger partial charge in [0.15, 0.2) is 11.0 Å². The highest BCUT2D eigenvalue weighted by Crippen LogP contribution is 2.39. The summed E-state index contributed by atoms with van der Waals surface area (Å²) < 4.78 is 7.86. The van der Waals surface area contributed by atoms with Gasteiger partial charge in [-0.05, 0) is 30.5 Å². The second-order valence-electron chi connectivity index (χ2n) is 6.95. The Morgan fingerprint density at radius 1 is 0.966 bits per heavy atom. The number of thioether (sulfide) groups is 1. The van der Waals surface area contributed by atoms with Crippen LogP contribution in [-0.4, -0.2) is 25.0 Å². The highest BCUT2D eigenvalue weighted by molar-refractivity contribution is 7.98. The van der Waals surface area contributed by atoms with Gasteiger partial charge in [0.2, 0.25) is 11.8 Å². The first kappa shape index (κ1) is 18.4. The van der Waals surface area contributed by atoms with Crippen molar-refractivity contribution in [3.05, 3.63) is 77.0 Å². The smallest absolute Gasteiger partial charge is 0.226 e. The van der Waals surface area contributed by atoms with Crippen molar-refractivity contribution in [1.29, 1.82) is 0 Å². The first-order valence-electron chi connectivity index (χ1n) is 9.45. The summed E-state index contributed by atoms with van der Waals surface area (Å²) in [4.78, 5) is 0. The summed E-state index contributed by atoms with van der Waals surface area (Å²) in [5.41, 5.74) is 2.02. The molecule has 0 bridgehead atoms. The maximum atomic E-state index is 6.43. The molecular formula is C21H18ClN5OS. The van der Waals surface area contributed by atoms with E-state index in [-0.39, 0.29) is 0 Å². The maximum absolute atomic E-state index is 6.43. The van der Waals surface area contributed by atoms with Crippen LogP contribution in [0.25, 0.3) is 11.4 Å². The number of halogens is 1. The molecule has 0 aliphatic heterocycles. The van der Waals surface area contributed by atoms with E-state index in [2.05, 4.69) is 37.1 Å². The second-order valence-corrected chi connectivity index (χ2v) is 8.30. The fourth-order valence-electron chi connectivity index (χ4n) is 3.09. The van der Waals surface area contributed by atoms with Crippen molar-refractivity contribution in [3.63, 3.8) is 0 Å². The van der Waals surface area contributed by atoms with Crippen molar-refractivity contribution in [3.8, 4) is 11.4 Å². The lowest BCUT2D eigenvalue weighted by atomic mass is 10.2. The number of nitrogens with zero attached hydrogens (tertiary/aromatic N) is 5. The molecule has 0 spiro atoms. The summed E-state index contributed by atoms with van der Waals surface area (Å²) in [6.07, 6.45) is 2.28. The molecule has 1 aliphatic rings. The SMILES string of the molecule is Clc1ccccc1-c1nnc(SCc2nnc(C3CC3)o2)n1Cc1ccccc1. The average molecular weight is 424 g/mol. The molecule has 2 heterocycles. The van der Waals surface area contributed by atoms with Gasteiger partial charge in [-0.2, -0.15) is 0 Å². The molecule has 1 fully saturated rings. The third-order valence-corrected chi connectivity index (χ3v) is 6.03. The van der Waals surface area contributed by atoms with Crippen molar-refractivity contribution < 1.29 is 4.42 Å². The number of hydrogen-bond acceptors (Lipinski definition) is 6. The van der Waals surface area contributed by atoms with Crippen LogP contribution in [0.2, 0.25) is 5.02 Å². The van der Waals surface area contributed by atoms with E-state index >= 15 is 0 Å². The molecular weight excluding hydrogens is 406 g/mol. The summed E-state index contributed by atoms with van der Waals surface area (Å²) in [5.74, 6) is 3.12. The van der Waals surface area contributed by atoms with Crippen LogP contribution in [0.5, 0.6) is 0 Å². The zero-order chi connectivity index (χ0) is 19.6. The van der Waals surface area contributed by atoms with Crippen LogP contribution in [-0.2, 0) is 12.3 Å². The molecule has 0 atom stereocenters. The number of aromatic nitrogens is 5. The minimum atomic E-state index is 0.454. The zero-order valence-corrected chi connectivity index (χ0v) is 17.1. The standard InChI is InChI=1S/C21H18ClN5OS/c22-17-9-5-4-8-16(17)19-24-26-21(27(19)12-14-6-2-1-3-7-14)29-13-18-23-25-20(28-18)15-10-11-15/h1-9,15H,10-13H2. The monoisotopic (exact) mass is 423 g/mol. The third-order valence-electron chi connectivity index (χ3n) is 4.75. The minimum Gasteiger partial charge on any atom is -0.424 e. The van der Waals surface area contributed by atoms with Gasteiger partial charge in [0, 0.05) is 11.5 Å². The minimum absolute atomic E-state index is 0.454. The Hall–Kier alpha value is -2.64. The van der Waals surface area contributed by atoms with Crippen molar-refractivity contribution in [2.45, 2.75) is 36.2 Å². The molecule has 0 saturated heterocycles. The van der Waals surface area contributed by atoms with Crippen LogP contribution in [0.4, 0.5) is 0 Å². The number of rotatable bonds is 7. The van der Waals surface area contributed by atoms with Crippen LogP contribution in [0.15, 0.2) is 64.2 Å². The first-order valence-corrected chi connectivity index (χ1v) is 10.8. The van der Waals surface area contributed by atoms with Gasteiger partial charge in [-0.15, -0.1) is 20.4 Å². The molecule has 146 valence electrons. The Labute approximate surface area is 177 Å². The van der Waals surface area contributed by atoms with E-state index in [0.29, 0.717) is 29.1 Å². The van der Waals surface area contributed by atoms with Crippen molar-refractivity contribution in [2.24, 2.45) is 0 Å². The Bertz CT molecular complexity index is 1120. The lowest BCUT2D eigenvalue weighted by Gasteiger charge is -2.11. The molecule has 6 nitrogen and oxygen atoms in total. The molecule has 5 rings (SSSR count). The first-order chi connectivity index (χ1) is 14.3. The maximum Gasteiger partial charge on any atom is 0.226 e. The van der Waals surface area contributed by atoms with Gasteiger partial charge in [0.1, 0.15) is 0 Å². The third kappa shape index (κ3) is 4.06. The summed E-state index contributed by atoms with van der Waals surface area (Å²) in [5, 5.41) is 18.6. The molecule has 1 saturated carbocycles. The molecule has 2 aromatic heterocycles. The molecule has 0 radical (unpaired) electrons. The molecule has 1 aliphatic carbocycles. The van der Waals surface area contributed by atoms with Gasteiger partial charge in [-0.1, -0.05) is 65.8 Å². The topological polar surface area (TPSA) is 69.6 Å². The summed E-state index contributed by atoms with van der Waals surface area (Å²) in [6, 6.07) is 17.9.